The Morgan fingerprint density at radius 3 is 2.62 bits per heavy atom. The third-order valence-electron chi connectivity index (χ3n) is 2.34. The van der Waals surface area contributed by atoms with Gasteiger partial charge in [-0.25, -0.2) is 0 Å². The molecule has 1 atom stereocenters. The van der Waals surface area contributed by atoms with Crippen molar-refractivity contribution in [3.63, 3.8) is 0 Å². The van der Waals surface area contributed by atoms with Crippen LogP contribution < -0.4 is 0 Å². The maximum atomic E-state index is 8.84. The molecule has 0 bridgehead atoms. The maximum Gasteiger partial charge on any atom is 0.158 e. The summed E-state index contributed by atoms with van der Waals surface area (Å²) in [4.78, 5) is 0. The molecule has 1 N–H and O–H groups in total. The molecule has 0 saturated carbocycles. The minimum Gasteiger partial charge on any atom is -0.396 e. The summed E-state index contributed by atoms with van der Waals surface area (Å²) in [5.41, 5.74) is 1.09. The topological polar surface area (TPSA) is 38.7 Å². The van der Waals surface area contributed by atoms with Crippen LogP contribution in [0.5, 0.6) is 0 Å². The van der Waals surface area contributed by atoms with Crippen LogP contribution in [0.4, 0.5) is 0 Å². The number of hydrogen-bond acceptors (Lipinski definition) is 3. The minimum absolute atomic E-state index is 0.0896. The zero-order chi connectivity index (χ0) is 9.68. The monoisotopic (exact) mass is 186 g/mol. The third-order valence-corrected chi connectivity index (χ3v) is 2.34. The highest BCUT2D eigenvalue weighted by Gasteiger charge is 2.21. The number of aliphatic hydroxyl groups is 1. The first-order valence-corrected chi connectivity index (χ1v) is 4.73. The van der Waals surface area contributed by atoms with Crippen molar-refractivity contribution in [1.29, 1.82) is 0 Å². The highest BCUT2D eigenvalue weighted by molar-refractivity contribution is 4.96. The van der Waals surface area contributed by atoms with E-state index in [0.29, 0.717) is 19.1 Å². The first kappa shape index (κ1) is 10.7. The lowest BCUT2D eigenvalue weighted by molar-refractivity contribution is -0.0554. The van der Waals surface area contributed by atoms with Crippen LogP contribution in [0, 0.1) is 5.92 Å². The van der Waals surface area contributed by atoms with Crippen LogP contribution in [0.15, 0.2) is 12.2 Å². The van der Waals surface area contributed by atoms with Crippen LogP contribution in [0.1, 0.15) is 19.8 Å². The van der Waals surface area contributed by atoms with E-state index in [1.165, 1.54) is 0 Å². The average molecular weight is 186 g/mol. The SMILES string of the molecule is C=C(C)C(CCO)CC1OCCO1. The predicted molar refractivity (Wildman–Crippen MR) is 50.3 cm³/mol. The van der Waals surface area contributed by atoms with Gasteiger partial charge in [-0.2, -0.15) is 0 Å². The van der Waals surface area contributed by atoms with Gasteiger partial charge in [0.05, 0.1) is 13.2 Å². The van der Waals surface area contributed by atoms with Gasteiger partial charge in [0.25, 0.3) is 0 Å². The maximum absolute atomic E-state index is 8.84. The summed E-state index contributed by atoms with van der Waals surface area (Å²) in [6.07, 6.45) is 1.47. The standard InChI is InChI=1S/C10H18O3/c1-8(2)9(3-4-11)7-10-12-5-6-13-10/h9-11H,1,3-7H2,2H3. The Morgan fingerprint density at radius 1 is 1.54 bits per heavy atom. The van der Waals surface area contributed by atoms with Crippen molar-refractivity contribution < 1.29 is 14.6 Å². The summed E-state index contributed by atoms with van der Waals surface area (Å²) >= 11 is 0. The molecule has 3 heteroatoms. The van der Waals surface area contributed by atoms with Gasteiger partial charge >= 0.3 is 0 Å². The van der Waals surface area contributed by atoms with Gasteiger partial charge in [-0.1, -0.05) is 12.2 Å². The fraction of sp³-hybridized carbons (Fsp3) is 0.800. The molecule has 76 valence electrons. The van der Waals surface area contributed by atoms with E-state index < -0.39 is 0 Å². The Balaban J connectivity index is 2.32. The Labute approximate surface area is 79.3 Å². The molecule has 0 radical (unpaired) electrons. The van der Waals surface area contributed by atoms with Crippen molar-refractivity contribution in [1.82, 2.24) is 0 Å². The van der Waals surface area contributed by atoms with Gasteiger partial charge in [-0.05, 0) is 19.3 Å². The normalized spacial score (nSPS) is 20.5. The summed E-state index contributed by atoms with van der Waals surface area (Å²) < 4.78 is 10.7. The van der Waals surface area contributed by atoms with Crippen LogP contribution in [0.2, 0.25) is 0 Å². The molecule has 0 amide bonds. The van der Waals surface area contributed by atoms with Crippen molar-refractivity contribution in [2.24, 2.45) is 5.92 Å². The Bertz CT molecular complexity index is 162. The van der Waals surface area contributed by atoms with E-state index in [2.05, 4.69) is 6.58 Å². The lowest BCUT2D eigenvalue weighted by atomic mass is 9.94. The predicted octanol–water partition coefficient (Wildman–Crippen LogP) is 1.32. The molecular formula is C10H18O3. The number of rotatable bonds is 5. The number of hydrogen-bond donors (Lipinski definition) is 1. The highest BCUT2D eigenvalue weighted by Crippen LogP contribution is 2.22. The van der Waals surface area contributed by atoms with Crippen molar-refractivity contribution >= 4 is 0 Å². The van der Waals surface area contributed by atoms with Crippen molar-refractivity contribution in [3.8, 4) is 0 Å². The molecule has 1 aliphatic rings. The second-order valence-electron chi connectivity index (χ2n) is 3.46. The highest BCUT2D eigenvalue weighted by atomic mass is 16.7. The lowest BCUT2D eigenvalue weighted by Crippen LogP contribution is -2.16. The molecule has 13 heavy (non-hydrogen) atoms. The summed E-state index contributed by atoms with van der Waals surface area (Å²) in [6, 6.07) is 0. The zero-order valence-corrected chi connectivity index (χ0v) is 8.16. The quantitative estimate of drug-likeness (QED) is 0.658. The molecule has 0 aromatic heterocycles. The van der Waals surface area contributed by atoms with Crippen molar-refractivity contribution in [3.05, 3.63) is 12.2 Å². The summed E-state index contributed by atoms with van der Waals surface area (Å²) in [5.74, 6) is 0.313. The molecule has 1 fully saturated rings. The smallest absolute Gasteiger partial charge is 0.158 e. The fourth-order valence-electron chi connectivity index (χ4n) is 1.50. The van der Waals surface area contributed by atoms with Gasteiger partial charge in [0.2, 0.25) is 0 Å². The molecule has 1 aliphatic heterocycles. The van der Waals surface area contributed by atoms with Gasteiger partial charge in [-0.3, -0.25) is 0 Å². The van der Waals surface area contributed by atoms with E-state index in [4.69, 9.17) is 14.6 Å². The molecule has 1 unspecified atom stereocenters. The van der Waals surface area contributed by atoms with E-state index in [-0.39, 0.29) is 12.9 Å². The van der Waals surface area contributed by atoms with Crippen LogP contribution in [-0.2, 0) is 9.47 Å². The molecular weight excluding hydrogens is 168 g/mol. The van der Waals surface area contributed by atoms with Crippen LogP contribution in [-0.4, -0.2) is 31.2 Å². The molecule has 1 rings (SSSR count). The van der Waals surface area contributed by atoms with Crippen LogP contribution in [0.25, 0.3) is 0 Å². The molecule has 0 aromatic rings. The van der Waals surface area contributed by atoms with E-state index in [1.807, 2.05) is 6.92 Å². The fourth-order valence-corrected chi connectivity index (χ4v) is 1.50. The first-order chi connectivity index (χ1) is 6.24. The lowest BCUT2D eigenvalue weighted by Gasteiger charge is -2.18. The number of allylic oxidation sites excluding steroid dienone is 1. The van der Waals surface area contributed by atoms with Crippen LogP contribution in [0.3, 0.4) is 0 Å². The third kappa shape index (κ3) is 3.46. The van der Waals surface area contributed by atoms with E-state index in [1.54, 1.807) is 0 Å². The second-order valence-corrected chi connectivity index (χ2v) is 3.46. The summed E-state index contributed by atoms with van der Waals surface area (Å²) in [7, 11) is 0. The Hall–Kier alpha value is -0.380. The van der Waals surface area contributed by atoms with Gasteiger partial charge in [0, 0.05) is 13.0 Å². The van der Waals surface area contributed by atoms with Crippen molar-refractivity contribution in [2.75, 3.05) is 19.8 Å². The Kier molecular flexibility index (Phi) is 4.42. The average Bonchev–Trinajstić information content (AvgIpc) is 2.56. The van der Waals surface area contributed by atoms with E-state index in [0.717, 1.165) is 18.4 Å². The number of aliphatic hydroxyl groups excluding tert-OH is 1. The minimum atomic E-state index is -0.0896. The molecule has 1 heterocycles. The van der Waals surface area contributed by atoms with E-state index in [9.17, 15) is 0 Å². The van der Waals surface area contributed by atoms with Gasteiger partial charge in [0.15, 0.2) is 6.29 Å². The van der Waals surface area contributed by atoms with Crippen LogP contribution >= 0.6 is 0 Å². The van der Waals surface area contributed by atoms with Gasteiger partial charge in [-0.15, -0.1) is 0 Å². The molecule has 0 aliphatic carbocycles. The largest absolute Gasteiger partial charge is 0.396 e. The second kappa shape index (κ2) is 5.37. The summed E-state index contributed by atoms with van der Waals surface area (Å²) in [5, 5.41) is 8.84. The Morgan fingerprint density at radius 2 is 2.15 bits per heavy atom. The molecule has 1 saturated heterocycles. The molecule has 3 nitrogen and oxygen atoms in total. The van der Waals surface area contributed by atoms with Crippen molar-refractivity contribution in [2.45, 2.75) is 26.1 Å². The molecule has 0 spiro atoms. The zero-order valence-electron chi connectivity index (χ0n) is 8.16. The number of ether oxygens (including phenoxy) is 2. The van der Waals surface area contributed by atoms with E-state index >= 15 is 0 Å². The van der Waals surface area contributed by atoms with Gasteiger partial charge in [0.1, 0.15) is 0 Å². The molecule has 0 aromatic carbocycles. The summed E-state index contributed by atoms with van der Waals surface area (Å²) in [6.45, 7) is 7.45. The first-order valence-electron chi connectivity index (χ1n) is 4.73. The van der Waals surface area contributed by atoms with Gasteiger partial charge < -0.3 is 14.6 Å².